The summed E-state index contributed by atoms with van der Waals surface area (Å²) in [6, 6.07) is 10.5. The molecule has 1 saturated heterocycles. The fourth-order valence-corrected chi connectivity index (χ4v) is 3.34. The third kappa shape index (κ3) is 7.62. The zero-order valence-corrected chi connectivity index (χ0v) is 17.6. The fraction of sp³-hybridized carbons (Fsp3) is 0.350. The van der Waals surface area contributed by atoms with Crippen LogP contribution in [-0.2, 0) is 11.2 Å². The van der Waals surface area contributed by atoms with Gasteiger partial charge >= 0.3 is 0 Å². The summed E-state index contributed by atoms with van der Waals surface area (Å²) in [5.74, 6) is 0.114. The molecule has 7 nitrogen and oxygen atoms in total. The zero-order chi connectivity index (χ0) is 19.0. The minimum Gasteiger partial charge on any atom is -0.362 e. The third-order valence-corrected chi connectivity index (χ3v) is 4.79. The topological polar surface area (TPSA) is 99.2 Å². The number of amides is 1. The minimum atomic E-state index is -0.604. The molecule has 1 fully saturated rings. The summed E-state index contributed by atoms with van der Waals surface area (Å²) in [7, 11) is 0. The average Bonchev–Trinajstić information content (AvgIpc) is 2.73. The van der Waals surface area contributed by atoms with Crippen LogP contribution in [0.5, 0.6) is 0 Å². The van der Waals surface area contributed by atoms with Crippen molar-refractivity contribution in [2.24, 2.45) is 0 Å². The summed E-state index contributed by atoms with van der Waals surface area (Å²) >= 11 is 0. The number of aryl methyl sites for hydroxylation is 1. The van der Waals surface area contributed by atoms with E-state index in [0.29, 0.717) is 5.69 Å². The van der Waals surface area contributed by atoms with E-state index >= 15 is 0 Å². The van der Waals surface area contributed by atoms with Crippen molar-refractivity contribution in [2.75, 3.05) is 18.4 Å². The highest BCUT2D eigenvalue weighted by atomic mass is 35.5. The molecule has 1 aromatic heterocycles. The molecule has 0 radical (unpaired) electrons. The Hall–Kier alpha value is -2.19. The lowest BCUT2D eigenvalue weighted by molar-refractivity contribution is -0.124. The van der Waals surface area contributed by atoms with Gasteiger partial charge in [0.2, 0.25) is 0 Å². The molecule has 9 heteroatoms. The first-order chi connectivity index (χ1) is 13.2. The second kappa shape index (κ2) is 12.4. The Morgan fingerprint density at radius 2 is 2.00 bits per heavy atom. The van der Waals surface area contributed by atoms with Crippen LogP contribution in [0.4, 0.5) is 5.82 Å². The van der Waals surface area contributed by atoms with E-state index in [1.54, 1.807) is 17.9 Å². The van der Waals surface area contributed by atoms with E-state index in [4.69, 9.17) is 5.21 Å². The number of hydrogen-bond acceptors (Lipinski definition) is 6. The lowest BCUT2D eigenvalue weighted by Crippen LogP contribution is -2.51. The van der Waals surface area contributed by atoms with Crippen molar-refractivity contribution >= 4 is 42.6 Å². The number of rotatable bonds is 7. The molecule has 29 heavy (non-hydrogen) atoms. The molecule has 2 heterocycles. The Kier molecular flexibility index (Phi) is 10.6. The molecular weight excluding hydrogens is 413 g/mol. The number of carbonyl (C=O) groups excluding carboxylic acids is 1. The van der Waals surface area contributed by atoms with Crippen molar-refractivity contribution in [3.05, 3.63) is 60.1 Å². The number of nitrogens with zero attached hydrogens (tertiary/aromatic N) is 2. The number of piperidine rings is 1. The summed E-state index contributed by atoms with van der Waals surface area (Å²) in [6.07, 6.45) is 10.2. The third-order valence-electron chi connectivity index (χ3n) is 4.79. The van der Waals surface area contributed by atoms with Gasteiger partial charge in [0.15, 0.2) is 0 Å². The predicted octanol–water partition coefficient (Wildman–Crippen LogP) is 3.01. The van der Waals surface area contributed by atoms with Gasteiger partial charge < -0.3 is 10.6 Å². The van der Waals surface area contributed by atoms with Crippen LogP contribution < -0.4 is 16.1 Å². The maximum Gasteiger partial charge on any atom is 0.267 e. The fourth-order valence-electron chi connectivity index (χ4n) is 3.34. The second-order valence-electron chi connectivity index (χ2n) is 6.81. The van der Waals surface area contributed by atoms with E-state index in [1.165, 1.54) is 17.7 Å². The van der Waals surface area contributed by atoms with Gasteiger partial charge in [-0.3, -0.25) is 15.0 Å². The summed E-state index contributed by atoms with van der Waals surface area (Å²) < 4.78 is 0. The number of halogens is 2. The van der Waals surface area contributed by atoms with Gasteiger partial charge in [0.05, 0.1) is 23.6 Å². The SMILES string of the molecule is Cl.Cl.O=C(/C=C/c1cnc(N[C@]2(CCc3ccccc3)CCCNC2)cn1)NO. The highest BCUT2D eigenvalue weighted by Crippen LogP contribution is 2.26. The highest BCUT2D eigenvalue weighted by molar-refractivity contribution is 5.90. The molecule has 158 valence electrons. The largest absolute Gasteiger partial charge is 0.362 e. The van der Waals surface area contributed by atoms with Crippen LogP contribution in [0.1, 0.15) is 30.5 Å². The second-order valence-corrected chi connectivity index (χ2v) is 6.81. The molecule has 3 rings (SSSR count). The summed E-state index contributed by atoms with van der Waals surface area (Å²) in [5, 5.41) is 15.6. The Labute approximate surface area is 183 Å². The molecule has 0 spiro atoms. The van der Waals surface area contributed by atoms with Gasteiger partial charge in [-0.15, -0.1) is 24.8 Å². The summed E-state index contributed by atoms with van der Waals surface area (Å²) in [5.41, 5.74) is 3.36. The average molecular weight is 440 g/mol. The Bertz CT molecular complexity index is 766. The van der Waals surface area contributed by atoms with E-state index in [2.05, 4.69) is 44.9 Å². The van der Waals surface area contributed by atoms with Crippen LogP contribution in [0, 0.1) is 0 Å². The first kappa shape index (κ1) is 24.8. The minimum absolute atomic E-state index is 0. The monoisotopic (exact) mass is 439 g/mol. The van der Waals surface area contributed by atoms with Crippen LogP contribution >= 0.6 is 24.8 Å². The first-order valence-electron chi connectivity index (χ1n) is 9.16. The quantitative estimate of drug-likeness (QED) is 0.300. The molecule has 1 atom stereocenters. The standard InChI is InChI=1S/C20H25N5O2.2ClH/c26-19(25-27)8-7-17-13-23-18(14-22-17)24-20(10-4-12-21-15-20)11-9-16-5-2-1-3-6-16;;/h1-3,5-8,13-14,21,27H,4,9-12,15H2,(H,23,24)(H,25,26);2*1H/b8-7+;;/t20-;;/m0../s1. The van der Waals surface area contributed by atoms with Gasteiger partial charge in [-0.25, -0.2) is 10.5 Å². The molecule has 0 aliphatic carbocycles. The van der Waals surface area contributed by atoms with Crippen LogP contribution in [0.3, 0.4) is 0 Å². The lowest BCUT2D eigenvalue weighted by atomic mass is 9.84. The van der Waals surface area contributed by atoms with E-state index in [0.717, 1.165) is 44.6 Å². The van der Waals surface area contributed by atoms with Crippen molar-refractivity contribution in [1.82, 2.24) is 20.8 Å². The van der Waals surface area contributed by atoms with Crippen molar-refractivity contribution < 1.29 is 10.0 Å². The molecule has 0 saturated carbocycles. The number of nitrogens with one attached hydrogen (secondary N) is 3. The van der Waals surface area contributed by atoms with Gasteiger partial charge in [-0.2, -0.15) is 0 Å². The zero-order valence-electron chi connectivity index (χ0n) is 16.0. The molecule has 4 N–H and O–H groups in total. The van der Waals surface area contributed by atoms with Crippen LogP contribution in [-0.4, -0.2) is 39.7 Å². The van der Waals surface area contributed by atoms with Crippen LogP contribution in [0.25, 0.3) is 6.08 Å². The van der Waals surface area contributed by atoms with Crippen molar-refractivity contribution in [2.45, 2.75) is 31.2 Å². The summed E-state index contributed by atoms with van der Waals surface area (Å²) in [4.78, 5) is 19.8. The molecular formula is C20H27Cl2N5O2. The smallest absolute Gasteiger partial charge is 0.267 e. The number of benzene rings is 1. The highest BCUT2D eigenvalue weighted by Gasteiger charge is 2.32. The normalized spacial score (nSPS) is 18.4. The Balaban J connectivity index is 0.00000210. The Morgan fingerprint density at radius 1 is 1.21 bits per heavy atom. The van der Waals surface area contributed by atoms with Gasteiger partial charge in [0.1, 0.15) is 5.82 Å². The lowest BCUT2D eigenvalue weighted by Gasteiger charge is -2.39. The number of anilines is 1. The molecule has 0 unspecified atom stereocenters. The van der Waals surface area contributed by atoms with Crippen LogP contribution in [0.15, 0.2) is 48.8 Å². The van der Waals surface area contributed by atoms with Gasteiger partial charge in [0.25, 0.3) is 5.91 Å². The molecule has 1 aliphatic rings. The van der Waals surface area contributed by atoms with E-state index in [9.17, 15) is 4.79 Å². The van der Waals surface area contributed by atoms with Gasteiger partial charge in [-0.1, -0.05) is 30.3 Å². The van der Waals surface area contributed by atoms with Gasteiger partial charge in [-0.05, 0) is 43.9 Å². The predicted molar refractivity (Wildman–Crippen MR) is 119 cm³/mol. The molecule has 2 aromatic rings. The van der Waals surface area contributed by atoms with E-state index in [-0.39, 0.29) is 30.4 Å². The van der Waals surface area contributed by atoms with E-state index in [1.807, 2.05) is 6.07 Å². The summed E-state index contributed by atoms with van der Waals surface area (Å²) in [6.45, 7) is 1.93. The molecule has 1 aliphatic heterocycles. The first-order valence-corrected chi connectivity index (χ1v) is 9.16. The van der Waals surface area contributed by atoms with Crippen molar-refractivity contribution in [3.8, 4) is 0 Å². The van der Waals surface area contributed by atoms with Gasteiger partial charge in [0, 0.05) is 12.6 Å². The molecule has 1 amide bonds. The van der Waals surface area contributed by atoms with Crippen molar-refractivity contribution in [1.29, 1.82) is 0 Å². The number of aromatic nitrogens is 2. The number of hydroxylamine groups is 1. The van der Waals surface area contributed by atoms with Crippen LogP contribution in [0.2, 0.25) is 0 Å². The molecule has 1 aromatic carbocycles. The maximum absolute atomic E-state index is 11.0. The van der Waals surface area contributed by atoms with Crippen molar-refractivity contribution in [3.63, 3.8) is 0 Å². The number of hydrogen-bond donors (Lipinski definition) is 4. The maximum atomic E-state index is 11.0. The Morgan fingerprint density at radius 3 is 2.62 bits per heavy atom. The van der Waals surface area contributed by atoms with E-state index < -0.39 is 5.91 Å². The molecule has 0 bridgehead atoms. The number of carbonyl (C=O) groups is 1.